The van der Waals surface area contributed by atoms with Crippen molar-refractivity contribution in [3.8, 4) is 0 Å². The smallest absolute Gasteiger partial charge is 0.269 e. The number of Topliss-reactive ketones (excluding diaryl/α,β-unsaturated/α-hetero) is 2. The molecule has 0 fully saturated rings. The van der Waals surface area contributed by atoms with Crippen LogP contribution in [0.1, 0.15) is 20.7 Å². The number of ketones is 2. The minimum absolute atomic E-state index is 0.0709. The van der Waals surface area contributed by atoms with Crippen LogP contribution in [-0.2, 0) is 0 Å². The molecule has 0 aliphatic heterocycles. The van der Waals surface area contributed by atoms with Gasteiger partial charge in [0, 0.05) is 55.9 Å². The molecule has 31 heavy (non-hydrogen) atoms. The fourth-order valence-electron chi connectivity index (χ4n) is 2.48. The van der Waals surface area contributed by atoms with E-state index in [0.717, 1.165) is 9.79 Å². The minimum Gasteiger partial charge on any atom is -0.293 e. The molecule has 0 bridgehead atoms. The van der Waals surface area contributed by atoms with Gasteiger partial charge in [0.15, 0.2) is 11.6 Å². The molecular weight excluding hydrogens is 460 g/mol. The Kier molecular flexibility index (Phi) is 7.55. The molecule has 0 saturated heterocycles. The van der Waals surface area contributed by atoms with Gasteiger partial charge in [0.25, 0.3) is 11.4 Å². The largest absolute Gasteiger partial charge is 0.293 e. The standard InChI is InChI=1S/C20H14N2O6S3/c23-17(13-1-5-15(6-2-13)21(25)26)9-30-19-11-29-12-20(19)31-10-18(24)14-3-7-16(8-4-14)22(27)28/h1-8,11-12H,9-10H2. The fourth-order valence-corrected chi connectivity index (χ4v) is 5.73. The van der Waals surface area contributed by atoms with Crippen molar-refractivity contribution >= 4 is 57.8 Å². The Morgan fingerprint density at radius 2 is 1.06 bits per heavy atom. The third-order valence-electron chi connectivity index (χ3n) is 4.11. The SMILES string of the molecule is O=C(CSc1cscc1SCC(=O)c1ccc([N+](=O)[O-])cc1)c1ccc([N+](=O)[O-])cc1. The van der Waals surface area contributed by atoms with E-state index >= 15 is 0 Å². The molecule has 0 aliphatic carbocycles. The van der Waals surface area contributed by atoms with Crippen molar-refractivity contribution in [1.29, 1.82) is 0 Å². The van der Waals surface area contributed by atoms with Gasteiger partial charge < -0.3 is 0 Å². The van der Waals surface area contributed by atoms with E-state index in [0.29, 0.717) is 11.1 Å². The average Bonchev–Trinajstić information content (AvgIpc) is 3.23. The fraction of sp³-hybridized carbons (Fsp3) is 0.100. The number of carbonyl (C=O) groups excluding carboxylic acids is 2. The summed E-state index contributed by atoms with van der Waals surface area (Å²) in [6.07, 6.45) is 0. The highest BCUT2D eigenvalue weighted by atomic mass is 32.2. The highest BCUT2D eigenvalue weighted by Crippen LogP contribution is 2.35. The van der Waals surface area contributed by atoms with E-state index in [-0.39, 0.29) is 34.4 Å². The van der Waals surface area contributed by atoms with Gasteiger partial charge in [-0.15, -0.1) is 23.5 Å². The summed E-state index contributed by atoms with van der Waals surface area (Å²) in [5.41, 5.74) is 0.656. The Morgan fingerprint density at radius 1 is 0.710 bits per heavy atom. The monoisotopic (exact) mass is 474 g/mol. The van der Waals surface area contributed by atoms with Crippen LogP contribution in [-0.4, -0.2) is 32.9 Å². The van der Waals surface area contributed by atoms with Crippen LogP contribution in [0.4, 0.5) is 11.4 Å². The van der Waals surface area contributed by atoms with Gasteiger partial charge in [-0.05, 0) is 24.3 Å². The van der Waals surface area contributed by atoms with Gasteiger partial charge in [-0.1, -0.05) is 0 Å². The molecule has 158 valence electrons. The maximum Gasteiger partial charge on any atom is 0.269 e. The van der Waals surface area contributed by atoms with Crippen molar-refractivity contribution in [2.75, 3.05) is 11.5 Å². The van der Waals surface area contributed by atoms with Crippen LogP contribution in [0.25, 0.3) is 0 Å². The summed E-state index contributed by atoms with van der Waals surface area (Å²) in [4.78, 5) is 46.9. The van der Waals surface area contributed by atoms with Crippen LogP contribution in [0.2, 0.25) is 0 Å². The van der Waals surface area contributed by atoms with Crippen LogP contribution in [0.5, 0.6) is 0 Å². The van der Waals surface area contributed by atoms with E-state index in [1.54, 1.807) is 0 Å². The van der Waals surface area contributed by atoms with Gasteiger partial charge in [-0.2, -0.15) is 11.3 Å². The van der Waals surface area contributed by atoms with Crippen molar-refractivity contribution in [1.82, 2.24) is 0 Å². The second-order valence-electron chi connectivity index (χ2n) is 6.13. The number of nitro benzene ring substituents is 2. The Morgan fingerprint density at radius 3 is 1.39 bits per heavy atom. The summed E-state index contributed by atoms with van der Waals surface area (Å²) in [5, 5.41) is 25.2. The van der Waals surface area contributed by atoms with Crippen molar-refractivity contribution in [2.45, 2.75) is 9.79 Å². The lowest BCUT2D eigenvalue weighted by Gasteiger charge is -2.04. The number of nitrogens with zero attached hydrogens (tertiary/aromatic N) is 2. The third-order valence-corrected chi connectivity index (χ3v) is 7.39. The number of thioether (sulfide) groups is 2. The van der Waals surface area contributed by atoms with Gasteiger partial charge in [0.2, 0.25) is 0 Å². The summed E-state index contributed by atoms with van der Waals surface area (Å²) in [6, 6.07) is 10.9. The van der Waals surface area contributed by atoms with Crippen LogP contribution in [0.15, 0.2) is 69.1 Å². The van der Waals surface area contributed by atoms with Gasteiger partial charge >= 0.3 is 0 Å². The molecule has 0 aliphatic rings. The number of hydrogen-bond acceptors (Lipinski definition) is 9. The molecular formula is C20H14N2O6S3. The van der Waals surface area contributed by atoms with Crippen molar-refractivity contribution < 1.29 is 19.4 Å². The molecule has 1 aromatic heterocycles. The van der Waals surface area contributed by atoms with E-state index in [1.165, 1.54) is 83.4 Å². The lowest BCUT2D eigenvalue weighted by Crippen LogP contribution is -2.03. The van der Waals surface area contributed by atoms with Crippen LogP contribution in [0, 0.1) is 20.2 Å². The lowest BCUT2D eigenvalue weighted by atomic mass is 10.1. The van der Waals surface area contributed by atoms with Gasteiger partial charge in [-0.3, -0.25) is 29.8 Å². The molecule has 8 nitrogen and oxygen atoms in total. The second-order valence-corrected chi connectivity index (χ2v) is 8.91. The second kappa shape index (κ2) is 10.3. The molecule has 0 amide bonds. The third kappa shape index (κ3) is 6.00. The van der Waals surface area contributed by atoms with E-state index < -0.39 is 9.85 Å². The van der Waals surface area contributed by atoms with Crippen LogP contribution >= 0.6 is 34.9 Å². The molecule has 3 rings (SSSR count). The van der Waals surface area contributed by atoms with E-state index in [2.05, 4.69) is 0 Å². The van der Waals surface area contributed by atoms with E-state index in [4.69, 9.17) is 0 Å². The number of benzene rings is 2. The summed E-state index contributed by atoms with van der Waals surface area (Å²) in [5.74, 6) is 0.0320. The van der Waals surface area contributed by atoms with Crippen LogP contribution in [0.3, 0.4) is 0 Å². The zero-order valence-corrected chi connectivity index (χ0v) is 18.2. The first-order valence-corrected chi connectivity index (χ1v) is 11.6. The summed E-state index contributed by atoms with van der Waals surface area (Å²) < 4.78 is 0. The Bertz CT molecular complexity index is 1040. The van der Waals surface area contributed by atoms with Crippen molar-refractivity contribution in [3.05, 3.63) is 90.6 Å². The van der Waals surface area contributed by atoms with Crippen LogP contribution < -0.4 is 0 Å². The lowest BCUT2D eigenvalue weighted by molar-refractivity contribution is -0.385. The number of rotatable bonds is 10. The Labute approximate surface area is 189 Å². The topological polar surface area (TPSA) is 120 Å². The number of non-ortho nitro benzene ring substituents is 2. The van der Waals surface area contributed by atoms with Gasteiger partial charge in [0.05, 0.1) is 21.4 Å². The average molecular weight is 475 g/mol. The first-order chi connectivity index (χ1) is 14.8. The molecule has 0 radical (unpaired) electrons. The maximum atomic E-state index is 12.4. The predicted octanol–water partition coefficient (Wildman–Crippen LogP) is 5.51. The molecule has 11 heteroatoms. The van der Waals surface area contributed by atoms with E-state index in [9.17, 15) is 29.8 Å². The highest BCUT2D eigenvalue weighted by Gasteiger charge is 2.14. The van der Waals surface area contributed by atoms with Crippen molar-refractivity contribution in [3.63, 3.8) is 0 Å². The summed E-state index contributed by atoms with van der Waals surface area (Å²) in [7, 11) is 0. The molecule has 3 aromatic rings. The van der Waals surface area contributed by atoms with Gasteiger partial charge in [0.1, 0.15) is 0 Å². The highest BCUT2D eigenvalue weighted by molar-refractivity contribution is 8.03. The number of thiophene rings is 1. The molecule has 0 saturated carbocycles. The van der Waals surface area contributed by atoms with E-state index in [1.807, 2.05) is 10.8 Å². The predicted molar refractivity (Wildman–Crippen MR) is 121 cm³/mol. The molecule has 0 atom stereocenters. The quantitative estimate of drug-likeness (QED) is 0.163. The molecule has 0 spiro atoms. The number of carbonyl (C=O) groups is 2. The molecule has 0 N–H and O–H groups in total. The van der Waals surface area contributed by atoms with Crippen molar-refractivity contribution in [2.24, 2.45) is 0 Å². The Balaban J connectivity index is 1.55. The Hall–Kier alpha value is -3.02. The normalized spacial score (nSPS) is 10.6. The minimum atomic E-state index is -0.518. The summed E-state index contributed by atoms with van der Waals surface area (Å²) >= 11 is 4.14. The van der Waals surface area contributed by atoms with Gasteiger partial charge in [-0.25, -0.2) is 0 Å². The molecule has 0 unspecified atom stereocenters. The number of nitro groups is 2. The zero-order valence-electron chi connectivity index (χ0n) is 15.8. The summed E-state index contributed by atoms with van der Waals surface area (Å²) in [6.45, 7) is 0. The zero-order chi connectivity index (χ0) is 22.4. The number of hydrogen-bond donors (Lipinski definition) is 0. The molecule has 1 heterocycles. The molecule has 2 aromatic carbocycles. The maximum absolute atomic E-state index is 12.4. The first-order valence-electron chi connectivity index (χ1n) is 8.72. The first kappa shape index (κ1) is 22.7.